The molecule has 9 heteroatoms. The molecule has 2 heterocycles. The Hall–Kier alpha value is -2.15. The van der Waals surface area contributed by atoms with Gasteiger partial charge in [-0.25, -0.2) is 13.4 Å². The lowest BCUT2D eigenvalue weighted by Gasteiger charge is -2.35. The minimum absolute atomic E-state index is 0.259. The lowest BCUT2D eigenvalue weighted by atomic mass is 10.2. The predicted octanol–water partition coefficient (Wildman–Crippen LogP) is -0.228. The molecule has 1 saturated heterocycles. The molecule has 8 nitrogen and oxygen atoms in total. The molecule has 1 atom stereocenters. The Labute approximate surface area is 154 Å². The zero-order valence-corrected chi connectivity index (χ0v) is 15.6. The van der Waals surface area contributed by atoms with Gasteiger partial charge in [-0.3, -0.25) is 4.79 Å². The molecule has 1 unspecified atom stereocenters. The summed E-state index contributed by atoms with van der Waals surface area (Å²) in [6.45, 7) is 3.46. The van der Waals surface area contributed by atoms with Crippen LogP contribution < -0.4 is 10.2 Å². The fraction of sp³-hybridized carbons (Fsp3) is 0.529. The number of hydrogen-bond acceptors (Lipinski definition) is 6. The summed E-state index contributed by atoms with van der Waals surface area (Å²) in [5, 5.41) is 12.5. The predicted molar refractivity (Wildman–Crippen MR) is 98.6 cm³/mol. The van der Waals surface area contributed by atoms with E-state index in [1.54, 1.807) is 6.20 Å². The fourth-order valence-corrected chi connectivity index (χ4v) is 4.22. The van der Waals surface area contributed by atoms with Crippen molar-refractivity contribution in [1.82, 2.24) is 14.6 Å². The van der Waals surface area contributed by atoms with Crippen LogP contribution in [0.15, 0.2) is 24.4 Å². The molecule has 142 valence electrons. The molecular formula is C17H24N4O4S. The number of amides is 1. The third-order valence-electron chi connectivity index (χ3n) is 3.96. The molecular weight excluding hydrogens is 356 g/mol. The first-order chi connectivity index (χ1) is 12.4. The van der Waals surface area contributed by atoms with Gasteiger partial charge in [0.15, 0.2) is 0 Å². The lowest BCUT2D eigenvalue weighted by molar-refractivity contribution is -0.113. The Balaban J connectivity index is 2.03. The third kappa shape index (κ3) is 5.42. The molecule has 2 rings (SSSR count). The van der Waals surface area contributed by atoms with Gasteiger partial charge in [0, 0.05) is 38.8 Å². The van der Waals surface area contributed by atoms with E-state index in [-0.39, 0.29) is 19.5 Å². The zero-order valence-electron chi connectivity index (χ0n) is 14.8. The summed E-state index contributed by atoms with van der Waals surface area (Å²) in [5.74, 6) is 5.28. The van der Waals surface area contributed by atoms with Crippen LogP contribution in [-0.4, -0.2) is 66.9 Å². The van der Waals surface area contributed by atoms with Crippen LogP contribution in [-0.2, 0) is 14.8 Å². The van der Waals surface area contributed by atoms with Crippen LogP contribution in [0.1, 0.15) is 19.8 Å². The van der Waals surface area contributed by atoms with E-state index in [4.69, 9.17) is 0 Å². The largest absolute Gasteiger partial charge is 0.360 e. The third-order valence-corrected chi connectivity index (χ3v) is 5.90. The van der Waals surface area contributed by atoms with Gasteiger partial charge in [-0.05, 0) is 24.5 Å². The first kappa shape index (κ1) is 20.2. The van der Waals surface area contributed by atoms with E-state index in [0.717, 1.165) is 12.2 Å². The van der Waals surface area contributed by atoms with Crippen LogP contribution in [0.4, 0.5) is 5.82 Å². The molecule has 0 bridgehead atoms. The summed E-state index contributed by atoms with van der Waals surface area (Å²) in [6, 6.07) is 5.58. The van der Waals surface area contributed by atoms with Gasteiger partial charge in [0.25, 0.3) is 0 Å². The van der Waals surface area contributed by atoms with E-state index in [0.29, 0.717) is 19.5 Å². The molecule has 2 N–H and O–H groups in total. The minimum atomic E-state index is -3.79. The average Bonchev–Trinajstić information content (AvgIpc) is 2.62. The van der Waals surface area contributed by atoms with Gasteiger partial charge in [0.2, 0.25) is 22.2 Å². The first-order valence-electron chi connectivity index (χ1n) is 8.48. The Bertz CT molecular complexity index is 752. The maximum absolute atomic E-state index is 12.7. The van der Waals surface area contributed by atoms with Crippen molar-refractivity contribution >= 4 is 22.3 Å². The molecule has 0 radical (unpaired) electrons. The smallest absolute Gasteiger partial charge is 0.220 e. The second-order valence-corrected chi connectivity index (χ2v) is 7.97. The summed E-state index contributed by atoms with van der Waals surface area (Å²) in [5.41, 5.74) is -2.09. The van der Waals surface area contributed by atoms with E-state index in [9.17, 15) is 18.3 Å². The molecule has 0 spiro atoms. The minimum Gasteiger partial charge on any atom is -0.360 e. The number of aliphatic hydroxyl groups is 1. The van der Waals surface area contributed by atoms with Crippen molar-refractivity contribution in [2.24, 2.45) is 0 Å². The van der Waals surface area contributed by atoms with Crippen LogP contribution >= 0.6 is 0 Å². The first-order valence-corrected chi connectivity index (χ1v) is 10.1. The van der Waals surface area contributed by atoms with Crippen molar-refractivity contribution in [3.05, 3.63) is 24.4 Å². The number of carbonyl (C=O) groups is 1. The quantitative estimate of drug-likeness (QED) is 0.385. The molecule has 1 aromatic heterocycles. The molecule has 0 aliphatic carbocycles. The number of rotatable bonds is 7. The SMILES string of the molecule is CCCC#CC(O)(CS(=O)(=O)N1CCN(c2ccccn2)CC1)NC=O. The van der Waals surface area contributed by atoms with Gasteiger partial charge in [-0.2, -0.15) is 4.31 Å². The molecule has 1 amide bonds. The standard InChI is InChI=1S/C17H24N4O4S/c1-2-3-5-8-17(23,19-15-22)14-26(24,25)21-12-10-20(11-13-21)16-7-4-6-9-18-16/h4,6-7,9,15,23H,2-3,10-14H2,1H3,(H,19,22). The number of anilines is 1. The van der Waals surface area contributed by atoms with Crippen LogP contribution in [0.5, 0.6) is 0 Å². The fourth-order valence-electron chi connectivity index (χ4n) is 2.64. The van der Waals surface area contributed by atoms with E-state index in [1.807, 2.05) is 30.0 Å². The van der Waals surface area contributed by atoms with Gasteiger partial charge in [-0.15, -0.1) is 0 Å². The van der Waals surface area contributed by atoms with Gasteiger partial charge in [0.1, 0.15) is 11.6 Å². The summed E-state index contributed by atoms with van der Waals surface area (Å²) in [4.78, 5) is 17.0. The normalized spacial score (nSPS) is 17.7. The van der Waals surface area contributed by atoms with Gasteiger partial charge >= 0.3 is 0 Å². The van der Waals surface area contributed by atoms with E-state index in [1.165, 1.54) is 4.31 Å². The van der Waals surface area contributed by atoms with Crippen molar-refractivity contribution in [3.8, 4) is 11.8 Å². The highest BCUT2D eigenvalue weighted by atomic mass is 32.2. The van der Waals surface area contributed by atoms with Crippen molar-refractivity contribution < 1.29 is 18.3 Å². The Morgan fingerprint density at radius 3 is 2.65 bits per heavy atom. The maximum Gasteiger partial charge on any atom is 0.220 e. The second kappa shape index (κ2) is 8.98. The molecule has 1 fully saturated rings. The molecule has 1 aliphatic heterocycles. The molecule has 1 aliphatic rings. The molecule has 0 saturated carbocycles. The Morgan fingerprint density at radius 2 is 2.08 bits per heavy atom. The van der Waals surface area contributed by atoms with Crippen molar-refractivity contribution in [2.75, 3.05) is 36.8 Å². The molecule has 0 aromatic carbocycles. The van der Waals surface area contributed by atoms with E-state index >= 15 is 0 Å². The monoisotopic (exact) mass is 380 g/mol. The highest BCUT2D eigenvalue weighted by Crippen LogP contribution is 2.16. The molecule has 26 heavy (non-hydrogen) atoms. The number of piperazine rings is 1. The van der Waals surface area contributed by atoms with E-state index < -0.39 is 21.5 Å². The zero-order chi connectivity index (χ0) is 19.0. The topological polar surface area (TPSA) is 103 Å². The molecule has 1 aromatic rings. The Kier molecular flexibility index (Phi) is 6.97. The van der Waals surface area contributed by atoms with Gasteiger partial charge in [0.05, 0.1) is 0 Å². The number of pyridine rings is 1. The number of sulfonamides is 1. The number of hydrogen-bond donors (Lipinski definition) is 2. The van der Waals surface area contributed by atoms with Gasteiger partial charge in [-0.1, -0.05) is 18.9 Å². The van der Waals surface area contributed by atoms with Crippen molar-refractivity contribution in [3.63, 3.8) is 0 Å². The van der Waals surface area contributed by atoms with Crippen LogP contribution in [0.2, 0.25) is 0 Å². The summed E-state index contributed by atoms with van der Waals surface area (Å²) in [7, 11) is -3.79. The van der Waals surface area contributed by atoms with Crippen LogP contribution in [0.3, 0.4) is 0 Å². The van der Waals surface area contributed by atoms with Crippen LogP contribution in [0, 0.1) is 11.8 Å². The maximum atomic E-state index is 12.7. The number of nitrogens with one attached hydrogen (secondary N) is 1. The lowest BCUT2D eigenvalue weighted by Crippen LogP contribution is -2.55. The number of aromatic nitrogens is 1. The number of carbonyl (C=O) groups excluding carboxylic acids is 1. The highest BCUT2D eigenvalue weighted by molar-refractivity contribution is 7.89. The highest BCUT2D eigenvalue weighted by Gasteiger charge is 2.36. The summed E-state index contributed by atoms with van der Waals surface area (Å²) in [6.07, 6.45) is 3.23. The summed E-state index contributed by atoms with van der Waals surface area (Å²) >= 11 is 0. The van der Waals surface area contributed by atoms with E-state index in [2.05, 4.69) is 22.1 Å². The second-order valence-electron chi connectivity index (χ2n) is 6.00. The number of unbranched alkanes of at least 4 members (excludes halogenated alkanes) is 1. The van der Waals surface area contributed by atoms with Gasteiger partial charge < -0.3 is 15.3 Å². The van der Waals surface area contributed by atoms with Crippen LogP contribution in [0.25, 0.3) is 0 Å². The number of nitrogens with zero attached hydrogens (tertiary/aromatic N) is 3. The Morgan fingerprint density at radius 1 is 1.35 bits per heavy atom. The van der Waals surface area contributed by atoms with Crippen molar-refractivity contribution in [2.45, 2.75) is 25.5 Å². The average molecular weight is 380 g/mol. The summed E-state index contributed by atoms with van der Waals surface area (Å²) < 4.78 is 26.6. The van der Waals surface area contributed by atoms with Crippen molar-refractivity contribution in [1.29, 1.82) is 0 Å².